The van der Waals surface area contributed by atoms with E-state index >= 15 is 0 Å². The fraction of sp³-hybridized carbons (Fsp3) is 0.130. The number of rotatable bonds is 5. The highest BCUT2D eigenvalue weighted by Crippen LogP contribution is 2.23. The highest BCUT2D eigenvalue weighted by Gasteiger charge is 2.28. The summed E-state index contributed by atoms with van der Waals surface area (Å²) >= 11 is 0. The number of nitrogens with one attached hydrogen (secondary N) is 2. The molecule has 0 atom stereocenters. The number of imide groups is 1. The Bertz CT molecular complexity index is 1440. The minimum absolute atomic E-state index is 0.180. The highest BCUT2D eigenvalue weighted by atomic mass is 16.2. The Balaban J connectivity index is 1.37. The minimum Gasteiger partial charge on any atom is -0.320 e. The molecule has 0 aliphatic carbocycles. The van der Waals surface area contributed by atoms with Gasteiger partial charge >= 0.3 is 0 Å². The number of amides is 3. The summed E-state index contributed by atoms with van der Waals surface area (Å²) in [6.07, 6.45) is 3.21. The summed E-state index contributed by atoms with van der Waals surface area (Å²) in [5.41, 5.74) is 2.29. The first-order valence-corrected chi connectivity index (χ1v) is 10.3. The van der Waals surface area contributed by atoms with Gasteiger partial charge in [-0.1, -0.05) is 24.3 Å². The SMILES string of the molecule is O=C(Nc1ccccc1-n1ncc2c(=O)[nH]cnc21)c1ccc(CN2C(=O)CCC2=O)cc1. The summed E-state index contributed by atoms with van der Waals surface area (Å²) in [4.78, 5) is 56.4. The quantitative estimate of drug-likeness (QED) is 0.455. The molecule has 2 N–H and O–H groups in total. The van der Waals surface area contributed by atoms with E-state index in [0.717, 1.165) is 5.56 Å². The topological polar surface area (TPSA) is 130 Å². The Hall–Kier alpha value is -4.60. The van der Waals surface area contributed by atoms with Gasteiger partial charge in [0.1, 0.15) is 5.39 Å². The number of benzene rings is 2. The zero-order valence-corrected chi connectivity index (χ0v) is 17.3. The molecule has 2 aromatic heterocycles. The van der Waals surface area contributed by atoms with Crippen LogP contribution in [0.15, 0.2) is 65.8 Å². The first kappa shape index (κ1) is 20.3. The average Bonchev–Trinajstić information content (AvgIpc) is 3.39. The molecule has 10 nitrogen and oxygen atoms in total. The number of carbonyl (C=O) groups excluding carboxylic acids is 3. The molecule has 3 amide bonds. The maximum atomic E-state index is 12.9. The lowest BCUT2D eigenvalue weighted by Crippen LogP contribution is -2.28. The number of para-hydroxylation sites is 2. The molecule has 0 bridgehead atoms. The molecule has 4 aromatic rings. The number of fused-ring (bicyclic) bond motifs is 1. The number of aromatic nitrogens is 4. The summed E-state index contributed by atoms with van der Waals surface area (Å²) in [6, 6.07) is 13.8. The van der Waals surface area contributed by atoms with Gasteiger partial charge in [-0.2, -0.15) is 5.10 Å². The molecule has 0 radical (unpaired) electrons. The van der Waals surface area contributed by atoms with Gasteiger partial charge in [-0.15, -0.1) is 0 Å². The van der Waals surface area contributed by atoms with Gasteiger partial charge in [0, 0.05) is 18.4 Å². The van der Waals surface area contributed by atoms with Crippen LogP contribution in [-0.4, -0.2) is 42.4 Å². The van der Waals surface area contributed by atoms with Crippen molar-refractivity contribution < 1.29 is 14.4 Å². The summed E-state index contributed by atoms with van der Waals surface area (Å²) in [5, 5.41) is 7.47. The molecule has 0 unspecified atom stereocenters. The standard InChI is InChI=1S/C23H18N6O4/c30-19-9-10-20(31)28(19)12-14-5-7-15(8-6-14)22(32)27-17-3-1-2-4-18(17)29-21-16(11-26-29)23(33)25-13-24-21/h1-8,11,13H,9-10,12H2,(H,27,32)(H,24,25,33). The van der Waals surface area contributed by atoms with Crippen molar-refractivity contribution in [3.63, 3.8) is 0 Å². The molecule has 0 spiro atoms. The Kier molecular flexibility index (Phi) is 5.02. The number of hydrogen-bond acceptors (Lipinski definition) is 6. The number of anilines is 1. The molecule has 33 heavy (non-hydrogen) atoms. The second-order valence-electron chi connectivity index (χ2n) is 7.57. The normalized spacial score (nSPS) is 13.6. The molecule has 1 saturated heterocycles. The highest BCUT2D eigenvalue weighted by molar-refractivity contribution is 6.05. The van der Waals surface area contributed by atoms with Crippen molar-refractivity contribution in [2.24, 2.45) is 0 Å². The van der Waals surface area contributed by atoms with Crippen LogP contribution in [0.4, 0.5) is 5.69 Å². The van der Waals surface area contributed by atoms with Gasteiger partial charge in [-0.05, 0) is 29.8 Å². The zero-order chi connectivity index (χ0) is 22.9. The predicted octanol–water partition coefficient (Wildman–Crippen LogP) is 2.01. The number of carbonyl (C=O) groups is 3. The molecule has 2 aromatic carbocycles. The predicted molar refractivity (Wildman–Crippen MR) is 119 cm³/mol. The van der Waals surface area contributed by atoms with Crippen LogP contribution < -0.4 is 10.9 Å². The molecular formula is C23H18N6O4. The Morgan fingerprint density at radius 1 is 1.00 bits per heavy atom. The number of hydrogen-bond donors (Lipinski definition) is 2. The molecule has 164 valence electrons. The Morgan fingerprint density at radius 2 is 1.73 bits per heavy atom. The zero-order valence-electron chi connectivity index (χ0n) is 17.3. The summed E-state index contributed by atoms with van der Waals surface area (Å²) in [7, 11) is 0. The smallest absolute Gasteiger partial charge is 0.261 e. The second-order valence-corrected chi connectivity index (χ2v) is 7.57. The van der Waals surface area contributed by atoms with E-state index in [9.17, 15) is 19.2 Å². The van der Waals surface area contributed by atoms with Gasteiger partial charge < -0.3 is 10.3 Å². The summed E-state index contributed by atoms with van der Waals surface area (Å²) < 4.78 is 1.49. The first-order chi connectivity index (χ1) is 16.0. The van der Waals surface area contributed by atoms with Crippen LogP contribution in [0, 0.1) is 0 Å². The monoisotopic (exact) mass is 442 g/mol. The van der Waals surface area contributed by atoms with E-state index in [1.165, 1.54) is 22.1 Å². The van der Waals surface area contributed by atoms with Gasteiger partial charge in [0.15, 0.2) is 5.65 Å². The Labute approximate surface area is 186 Å². The van der Waals surface area contributed by atoms with E-state index < -0.39 is 0 Å². The molecule has 5 rings (SSSR count). The second kappa shape index (κ2) is 8.15. The van der Waals surface area contributed by atoms with Crippen molar-refractivity contribution in [3.05, 3.63) is 82.5 Å². The third-order valence-electron chi connectivity index (χ3n) is 5.46. The van der Waals surface area contributed by atoms with Crippen molar-refractivity contribution in [2.75, 3.05) is 5.32 Å². The molecule has 0 saturated carbocycles. The first-order valence-electron chi connectivity index (χ1n) is 10.3. The van der Waals surface area contributed by atoms with Crippen LogP contribution in [0.25, 0.3) is 16.7 Å². The molecule has 1 aliphatic heterocycles. The van der Waals surface area contributed by atoms with Crippen molar-refractivity contribution in [1.29, 1.82) is 0 Å². The number of H-pyrrole nitrogens is 1. The van der Waals surface area contributed by atoms with Gasteiger partial charge in [0.2, 0.25) is 11.8 Å². The summed E-state index contributed by atoms with van der Waals surface area (Å²) in [6.45, 7) is 0.195. The van der Waals surface area contributed by atoms with E-state index in [2.05, 4.69) is 20.4 Å². The largest absolute Gasteiger partial charge is 0.320 e. The maximum absolute atomic E-state index is 12.9. The fourth-order valence-corrected chi connectivity index (χ4v) is 3.73. The van der Waals surface area contributed by atoms with Crippen molar-refractivity contribution >= 4 is 34.4 Å². The number of likely N-dealkylation sites (tertiary alicyclic amines) is 1. The lowest BCUT2D eigenvalue weighted by atomic mass is 10.1. The van der Waals surface area contributed by atoms with Crippen LogP contribution in [0.1, 0.15) is 28.8 Å². The van der Waals surface area contributed by atoms with E-state index in [0.29, 0.717) is 28.0 Å². The molecule has 1 fully saturated rings. The van der Waals surface area contributed by atoms with Crippen LogP contribution >= 0.6 is 0 Å². The minimum atomic E-state index is -0.343. The number of nitrogens with zero attached hydrogens (tertiary/aromatic N) is 4. The lowest BCUT2D eigenvalue weighted by Gasteiger charge is -2.14. The van der Waals surface area contributed by atoms with Crippen LogP contribution in [0.2, 0.25) is 0 Å². The Morgan fingerprint density at radius 3 is 2.48 bits per heavy atom. The van der Waals surface area contributed by atoms with Gasteiger partial charge in [-0.25, -0.2) is 9.67 Å². The third kappa shape index (κ3) is 3.78. The van der Waals surface area contributed by atoms with E-state index in [1.807, 2.05) is 0 Å². The van der Waals surface area contributed by atoms with Gasteiger partial charge in [0.05, 0.1) is 30.4 Å². The van der Waals surface area contributed by atoms with Gasteiger partial charge in [-0.3, -0.25) is 24.1 Å². The van der Waals surface area contributed by atoms with Crippen LogP contribution in [0.5, 0.6) is 0 Å². The van der Waals surface area contributed by atoms with Crippen molar-refractivity contribution in [3.8, 4) is 5.69 Å². The van der Waals surface area contributed by atoms with Crippen molar-refractivity contribution in [1.82, 2.24) is 24.6 Å². The maximum Gasteiger partial charge on any atom is 0.261 e. The fourth-order valence-electron chi connectivity index (χ4n) is 3.73. The lowest BCUT2D eigenvalue weighted by molar-refractivity contribution is -0.139. The van der Waals surface area contributed by atoms with Crippen LogP contribution in [0.3, 0.4) is 0 Å². The molecular weight excluding hydrogens is 424 g/mol. The van der Waals surface area contributed by atoms with E-state index in [1.54, 1.807) is 48.5 Å². The van der Waals surface area contributed by atoms with Gasteiger partial charge in [0.25, 0.3) is 11.5 Å². The van der Waals surface area contributed by atoms with E-state index in [4.69, 9.17) is 0 Å². The molecule has 1 aliphatic rings. The number of aromatic amines is 1. The summed E-state index contributed by atoms with van der Waals surface area (Å²) in [5.74, 6) is -0.702. The third-order valence-corrected chi connectivity index (χ3v) is 5.46. The van der Waals surface area contributed by atoms with Crippen LogP contribution in [-0.2, 0) is 16.1 Å². The van der Waals surface area contributed by atoms with Crippen molar-refractivity contribution in [2.45, 2.75) is 19.4 Å². The van der Waals surface area contributed by atoms with E-state index in [-0.39, 0.29) is 42.7 Å². The average molecular weight is 442 g/mol. The molecule has 3 heterocycles. The molecule has 10 heteroatoms.